The standard InChI is InChI=1S/C21H29N3O3S/c1-15-8-16(2)11-24(10-15)7-6-22-21(25)17-4-5-19(20(9-17)26-3)27-12-18-13-28-14-23-18/h4-5,9,13-16H,6-8,10-12H2,1-3H3,(H,22,25). The summed E-state index contributed by atoms with van der Waals surface area (Å²) in [4.78, 5) is 19.1. The molecule has 2 atom stereocenters. The fraction of sp³-hybridized carbons (Fsp3) is 0.524. The normalized spacial score (nSPS) is 20.0. The quantitative estimate of drug-likeness (QED) is 0.732. The minimum atomic E-state index is -0.0949. The molecular formula is C21H29N3O3S. The van der Waals surface area contributed by atoms with E-state index in [0.717, 1.165) is 37.2 Å². The lowest BCUT2D eigenvalue weighted by atomic mass is 9.92. The second kappa shape index (κ2) is 9.89. The van der Waals surface area contributed by atoms with Crippen molar-refractivity contribution in [1.29, 1.82) is 0 Å². The largest absolute Gasteiger partial charge is 0.493 e. The molecule has 1 aromatic carbocycles. The van der Waals surface area contributed by atoms with Gasteiger partial charge in [0.1, 0.15) is 6.61 Å². The van der Waals surface area contributed by atoms with E-state index in [1.165, 1.54) is 17.8 Å². The molecule has 0 spiro atoms. The number of rotatable bonds is 8. The zero-order valence-electron chi connectivity index (χ0n) is 16.8. The van der Waals surface area contributed by atoms with Crippen molar-refractivity contribution in [1.82, 2.24) is 15.2 Å². The van der Waals surface area contributed by atoms with Crippen molar-refractivity contribution in [2.24, 2.45) is 11.8 Å². The van der Waals surface area contributed by atoms with Crippen LogP contribution in [0, 0.1) is 11.8 Å². The molecule has 1 saturated heterocycles. The van der Waals surface area contributed by atoms with Gasteiger partial charge in [0.25, 0.3) is 5.91 Å². The van der Waals surface area contributed by atoms with Crippen molar-refractivity contribution in [2.75, 3.05) is 33.3 Å². The number of thiazole rings is 1. The first-order valence-electron chi connectivity index (χ1n) is 9.73. The number of methoxy groups -OCH3 is 1. The molecule has 0 bridgehead atoms. The number of piperidine rings is 1. The molecule has 1 amide bonds. The van der Waals surface area contributed by atoms with Crippen LogP contribution in [0.2, 0.25) is 0 Å². The summed E-state index contributed by atoms with van der Waals surface area (Å²) in [5, 5.41) is 4.96. The Balaban J connectivity index is 1.51. The van der Waals surface area contributed by atoms with Crippen molar-refractivity contribution < 1.29 is 14.3 Å². The maximum atomic E-state index is 12.5. The highest BCUT2D eigenvalue weighted by Gasteiger charge is 2.21. The molecule has 1 fully saturated rings. The number of nitrogens with one attached hydrogen (secondary N) is 1. The van der Waals surface area contributed by atoms with Crippen molar-refractivity contribution >= 4 is 17.2 Å². The first-order valence-corrected chi connectivity index (χ1v) is 10.7. The van der Waals surface area contributed by atoms with E-state index in [-0.39, 0.29) is 5.91 Å². The molecule has 3 rings (SSSR count). The summed E-state index contributed by atoms with van der Waals surface area (Å²) in [6, 6.07) is 5.25. The second-order valence-electron chi connectivity index (χ2n) is 7.60. The highest BCUT2D eigenvalue weighted by Crippen LogP contribution is 2.29. The monoisotopic (exact) mass is 403 g/mol. The molecule has 0 aliphatic carbocycles. The predicted octanol–water partition coefficient (Wildman–Crippen LogP) is 3.44. The van der Waals surface area contributed by atoms with Gasteiger partial charge in [-0.05, 0) is 36.5 Å². The summed E-state index contributed by atoms with van der Waals surface area (Å²) < 4.78 is 11.2. The van der Waals surface area contributed by atoms with Crippen LogP contribution in [0.1, 0.15) is 36.3 Å². The average molecular weight is 404 g/mol. The van der Waals surface area contributed by atoms with Gasteiger partial charge >= 0.3 is 0 Å². The number of amides is 1. The first kappa shape index (κ1) is 20.6. The van der Waals surface area contributed by atoms with Crippen LogP contribution in [0.25, 0.3) is 0 Å². The van der Waals surface area contributed by atoms with E-state index in [1.807, 2.05) is 5.38 Å². The van der Waals surface area contributed by atoms with Gasteiger partial charge in [0.05, 0.1) is 18.3 Å². The lowest BCUT2D eigenvalue weighted by molar-refractivity contribution is 0.0936. The molecule has 28 heavy (non-hydrogen) atoms. The van der Waals surface area contributed by atoms with Gasteiger partial charge in [0.15, 0.2) is 11.5 Å². The number of likely N-dealkylation sites (tertiary alicyclic amines) is 1. The third-order valence-corrected chi connectivity index (χ3v) is 5.58. The highest BCUT2D eigenvalue weighted by molar-refractivity contribution is 7.07. The number of carbonyl (C=O) groups is 1. The second-order valence-corrected chi connectivity index (χ2v) is 8.31. The summed E-state index contributed by atoms with van der Waals surface area (Å²) in [7, 11) is 1.57. The Labute approximate surface area is 170 Å². The summed E-state index contributed by atoms with van der Waals surface area (Å²) in [5.74, 6) is 2.49. The molecule has 2 heterocycles. The average Bonchev–Trinajstić information content (AvgIpc) is 3.19. The number of hydrogen-bond acceptors (Lipinski definition) is 6. The van der Waals surface area contributed by atoms with Gasteiger partial charge in [-0.1, -0.05) is 13.8 Å². The van der Waals surface area contributed by atoms with E-state index in [2.05, 4.69) is 29.0 Å². The predicted molar refractivity (Wildman–Crippen MR) is 111 cm³/mol. The van der Waals surface area contributed by atoms with Crippen LogP contribution < -0.4 is 14.8 Å². The van der Waals surface area contributed by atoms with Crippen molar-refractivity contribution in [3.8, 4) is 11.5 Å². The molecule has 2 unspecified atom stereocenters. The molecule has 0 radical (unpaired) electrons. The van der Waals surface area contributed by atoms with E-state index < -0.39 is 0 Å². The van der Waals surface area contributed by atoms with Gasteiger partial charge in [0, 0.05) is 37.1 Å². The number of aromatic nitrogens is 1. The van der Waals surface area contributed by atoms with E-state index in [9.17, 15) is 4.79 Å². The molecule has 0 saturated carbocycles. The summed E-state index contributed by atoms with van der Waals surface area (Å²) in [6.07, 6.45) is 1.29. The van der Waals surface area contributed by atoms with Crippen LogP contribution in [0.15, 0.2) is 29.1 Å². The van der Waals surface area contributed by atoms with E-state index in [1.54, 1.807) is 30.8 Å². The Kier molecular flexibility index (Phi) is 7.28. The Hall–Kier alpha value is -2.12. The van der Waals surface area contributed by atoms with Crippen LogP contribution in [0.3, 0.4) is 0 Å². The Bertz CT molecular complexity index is 756. The lowest BCUT2D eigenvalue weighted by Gasteiger charge is -2.34. The van der Waals surface area contributed by atoms with Crippen LogP contribution >= 0.6 is 11.3 Å². The lowest BCUT2D eigenvalue weighted by Crippen LogP contribution is -2.42. The zero-order valence-corrected chi connectivity index (χ0v) is 17.6. The summed E-state index contributed by atoms with van der Waals surface area (Å²) in [5.41, 5.74) is 3.21. The topological polar surface area (TPSA) is 63.7 Å². The molecule has 1 aromatic heterocycles. The molecule has 152 valence electrons. The van der Waals surface area contributed by atoms with E-state index in [4.69, 9.17) is 9.47 Å². The number of ether oxygens (including phenoxy) is 2. The highest BCUT2D eigenvalue weighted by atomic mass is 32.1. The molecule has 7 heteroatoms. The fourth-order valence-electron chi connectivity index (χ4n) is 3.79. The Morgan fingerprint density at radius 1 is 1.29 bits per heavy atom. The number of nitrogens with zero attached hydrogens (tertiary/aromatic N) is 2. The van der Waals surface area contributed by atoms with Gasteiger partial charge in [-0.3, -0.25) is 4.79 Å². The Morgan fingerprint density at radius 2 is 2.07 bits per heavy atom. The Morgan fingerprint density at radius 3 is 2.75 bits per heavy atom. The van der Waals surface area contributed by atoms with Crippen molar-refractivity contribution in [3.63, 3.8) is 0 Å². The molecule has 2 aromatic rings. The van der Waals surface area contributed by atoms with E-state index >= 15 is 0 Å². The van der Waals surface area contributed by atoms with Crippen molar-refractivity contribution in [3.05, 3.63) is 40.3 Å². The maximum absolute atomic E-state index is 12.5. The fourth-order valence-corrected chi connectivity index (χ4v) is 4.34. The molecule has 6 nitrogen and oxygen atoms in total. The van der Waals surface area contributed by atoms with Gasteiger partial charge in [-0.25, -0.2) is 4.98 Å². The van der Waals surface area contributed by atoms with Crippen LogP contribution in [-0.2, 0) is 6.61 Å². The SMILES string of the molecule is COc1cc(C(=O)NCCN2CC(C)CC(C)C2)ccc1OCc1cscn1. The van der Waals surface area contributed by atoms with Crippen LogP contribution in [0.5, 0.6) is 11.5 Å². The summed E-state index contributed by atoms with van der Waals surface area (Å²) >= 11 is 1.53. The number of hydrogen-bond donors (Lipinski definition) is 1. The molecule has 1 N–H and O–H groups in total. The minimum absolute atomic E-state index is 0.0949. The third kappa shape index (κ3) is 5.69. The van der Waals surface area contributed by atoms with Gasteiger partial charge in [-0.15, -0.1) is 11.3 Å². The maximum Gasteiger partial charge on any atom is 0.251 e. The van der Waals surface area contributed by atoms with Crippen LogP contribution in [0.4, 0.5) is 0 Å². The number of benzene rings is 1. The van der Waals surface area contributed by atoms with E-state index in [0.29, 0.717) is 30.2 Å². The van der Waals surface area contributed by atoms with Gasteiger partial charge in [0.2, 0.25) is 0 Å². The molecule has 1 aliphatic rings. The minimum Gasteiger partial charge on any atom is -0.493 e. The van der Waals surface area contributed by atoms with Crippen LogP contribution in [-0.4, -0.2) is 49.1 Å². The molecule has 1 aliphatic heterocycles. The zero-order chi connectivity index (χ0) is 19.9. The van der Waals surface area contributed by atoms with Gasteiger partial charge < -0.3 is 19.7 Å². The first-order chi connectivity index (χ1) is 13.5. The molecular weight excluding hydrogens is 374 g/mol. The third-order valence-electron chi connectivity index (χ3n) is 4.94. The summed E-state index contributed by atoms with van der Waals surface area (Å²) in [6.45, 7) is 8.71. The van der Waals surface area contributed by atoms with Crippen molar-refractivity contribution in [2.45, 2.75) is 26.9 Å². The van der Waals surface area contributed by atoms with Gasteiger partial charge in [-0.2, -0.15) is 0 Å². The number of carbonyl (C=O) groups excluding carboxylic acids is 1. The smallest absolute Gasteiger partial charge is 0.251 e.